The number of hydrogen-bond donors (Lipinski definition) is 3. The number of carboxylic acids is 1. The highest BCUT2D eigenvalue weighted by Gasteiger charge is 2.19. The Morgan fingerprint density at radius 1 is 1.41 bits per heavy atom. The highest BCUT2D eigenvalue weighted by atomic mass is 32.2. The molecule has 10 heteroatoms. The lowest BCUT2D eigenvalue weighted by atomic mass is 10.3. The van der Waals surface area contributed by atoms with Crippen molar-refractivity contribution in [2.75, 3.05) is 12.4 Å². The lowest BCUT2D eigenvalue weighted by Gasteiger charge is -2.11. The first-order chi connectivity index (χ1) is 7.76. The molecule has 0 saturated heterocycles. The SMILES string of the molecule is O=CNC(COC(=O)CCS(=O)(=O)O)C(=O)O. The minimum atomic E-state index is -4.27. The summed E-state index contributed by atoms with van der Waals surface area (Å²) in [4.78, 5) is 31.4. The largest absolute Gasteiger partial charge is 0.480 e. The monoisotopic (exact) mass is 269 g/mol. The van der Waals surface area contributed by atoms with Crippen LogP contribution in [0.5, 0.6) is 0 Å². The van der Waals surface area contributed by atoms with E-state index < -0.39 is 46.9 Å². The minimum absolute atomic E-state index is 0.130. The minimum Gasteiger partial charge on any atom is -0.480 e. The Balaban J connectivity index is 4.05. The molecular weight excluding hydrogens is 258 g/mol. The van der Waals surface area contributed by atoms with Crippen LogP contribution in [0.1, 0.15) is 6.42 Å². The van der Waals surface area contributed by atoms with E-state index in [1.54, 1.807) is 0 Å². The van der Waals surface area contributed by atoms with Gasteiger partial charge in [0.1, 0.15) is 6.61 Å². The summed E-state index contributed by atoms with van der Waals surface area (Å²) in [6, 6.07) is -1.40. The number of carboxylic acid groups (broad SMARTS) is 1. The average molecular weight is 269 g/mol. The summed E-state index contributed by atoms with van der Waals surface area (Å²) in [7, 11) is -4.27. The lowest BCUT2D eigenvalue weighted by Crippen LogP contribution is -2.40. The van der Waals surface area contributed by atoms with Crippen LogP contribution in [-0.2, 0) is 29.2 Å². The Labute approximate surface area is 96.5 Å². The van der Waals surface area contributed by atoms with Crippen LogP contribution in [0.2, 0.25) is 0 Å². The molecule has 0 bridgehead atoms. The molecule has 1 amide bonds. The zero-order chi connectivity index (χ0) is 13.5. The van der Waals surface area contributed by atoms with Gasteiger partial charge in [-0.15, -0.1) is 0 Å². The van der Waals surface area contributed by atoms with Crippen LogP contribution in [0.15, 0.2) is 0 Å². The maximum Gasteiger partial charge on any atom is 0.329 e. The summed E-state index contributed by atoms with van der Waals surface area (Å²) in [5.41, 5.74) is 0. The topological polar surface area (TPSA) is 147 Å². The van der Waals surface area contributed by atoms with Gasteiger partial charge in [-0.2, -0.15) is 8.42 Å². The second-order valence-electron chi connectivity index (χ2n) is 2.89. The van der Waals surface area contributed by atoms with Crippen molar-refractivity contribution in [2.24, 2.45) is 0 Å². The van der Waals surface area contributed by atoms with Gasteiger partial charge in [0.15, 0.2) is 6.04 Å². The number of amides is 1. The van der Waals surface area contributed by atoms with Crippen molar-refractivity contribution < 1.29 is 37.2 Å². The van der Waals surface area contributed by atoms with E-state index in [1.165, 1.54) is 0 Å². The van der Waals surface area contributed by atoms with Crippen LogP contribution in [0.25, 0.3) is 0 Å². The molecule has 98 valence electrons. The number of carbonyl (C=O) groups excluding carboxylic acids is 2. The molecule has 0 spiro atoms. The van der Waals surface area contributed by atoms with Crippen LogP contribution >= 0.6 is 0 Å². The molecule has 0 saturated carbocycles. The van der Waals surface area contributed by atoms with Gasteiger partial charge in [0.25, 0.3) is 10.1 Å². The predicted octanol–water partition coefficient (Wildman–Crippen LogP) is -1.99. The van der Waals surface area contributed by atoms with Crippen molar-refractivity contribution >= 4 is 28.5 Å². The third-order valence-corrected chi connectivity index (χ3v) is 2.26. The zero-order valence-corrected chi connectivity index (χ0v) is 9.34. The highest BCUT2D eigenvalue weighted by molar-refractivity contribution is 7.85. The highest BCUT2D eigenvalue weighted by Crippen LogP contribution is 1.94. The zero-order valence-electron chi connectivity index (χ0n) is 8.53. The van der Waals surface area contributed by atoms with Gasteiger partial charge < -0.3 is 15.2 Å². The van der Waals surface area contributed by atoms with Crippen LogP contribution in [0, 0.1) is 0 Å². The van der Waals surface area contributed by atoms with Crippen LogP contribution < -0.4 is 5.32 Å². The van der Waals surface area contributed by atoms with E-state index in [0.717, 1.165) is 0 Å². The third kappa shape index (κ3) is 8.16. The third-order valence-electron chi connectivity index (χ3n) is 1.54. The number of rotatable bonds is 8. The number of esters is 1. The number of ether oxygens (including phenoxy) is 1. The van der Waals surface area contributed by atoms with Crippen molar-refractivity contribution in [3.63, 3.8) is 0 Å². The average Bonchev–Trinajstić information content (AvgIpc) is 2.19. The second-order valence-corrected chi connectivity index (χ2v) is 4.47. The summed E-state index contributed by atoms with van der Waals surface area (Å²) in [5.74, 6) is -3.22. The summed E-state index contributed by atoms with van der Waals surface area (Å²) in [5, 5.41) is 10.4. The maximum atomic E-state index is 10.9. The van der Waals surface area contributed by atoms with Crippen LogP contribution in [0.4, 0.5) is 0 Å². The van der Waals surface area contributed by atoms with Crippen molar-refractivity contribution in [3.05, 3.63) is 0 Å². The number of carbonyl (C=O) groups is 3. The summed E-state index contributed by atoms with van der Waals surface area (Å²) in [6.07, 6.45) is -0.475. The Morgan fingerprint density at radius 3 is 2.41 bits per heavy atom. The predicted molar refractivity (Wildman–Crippen MR) is 52.6 cm³/mol. The Morgan fingerprint density at radius 2 is 2.00 bits per heavy atom. The quantitative estimate of drug-likeness (QED) is 0.260. The first kappa shape index (κ1) is 15.3. The number of hydrogen-bond acceptors (Lipinski definition) is 6. The molecule has 0 aliphatic carbocycles. The van der Waals surface area contributed by atoms with Gasteiger partial charge in [-0.1, -0.05) is 0 Å². The van der Waals surface area contributed by atoms with Gasteiger partial charge in [-0.05, 0) is 0 Å². The van der Waals surface area contributed by atoms with Gasteiger partial charge in [0, 0.05) is 0 Å². The molecule has 0 aromatic carbocycles. The molecular formula is C7H11NO8S. The fourth-order valence-electron chi connectivity index (χ4n) is 0.734. The normalized spacial score (nSPS) is 12.5. The van der Waals surface area contributed by atoms with Crippen molar-refractivity contribution in [3.8, 4) is 0 Å². The number of aliphatic carboxylic acids is 1. The van der Waals surface area contributed by atoms with Crippen molar-refractivity contribution in [2.45, 2.75) is 12.5 Å². The standard InChI is InChI=1S/C7H11NO8S/c9-4-8-5(7(11)12)3-16-6(10)1-2-17(13,14)15/h4-5H,1-3H2,(H,8,9)(H,11,12)(H,13,14,15). The first-order valence-corrected chi connectivity index (χ1v) is 5.90. The maximum absolute atomic E-state index is 10.9. The first-order valence-electron chi connectivity index (χ1n) is 4.29. The Kier molecular flexibility index (Phi) is 6.13. The summed E-state index contributed by atoms with van der Waals surface area (Å²) < 4.78 is 33.3. The molecule has 0 aliphatic heterocycles. The Bertz CT molecular complexity index is 389. The van der Waals surface area contributed by atoms with Crippen LogP contribution in [-0.4, -0.2) is 54.8 Å². The molecule has 0 rings (SSSR count). The van der Waals surface area contributed by atoms with Gasteiger partial charge in [-0.3, -0.25) is 14.1 Å². The van der Waals surface area contributed by atoms with Crippen molar-refractivity contribution in [1.82, 2.24) is 5.32 Å². The molecule has 0 aliphatic rings. The molecule has 17 heavy (non-hydrogen) atoms. The van der Waals surface area contributed by atoms with Crippen LogP contribution in [0.3, 0.4) is 0 Å². The van der Waals surface area contributed by atoms with Gasteiger partial charge in [0.05, 0.1) is 12.2 Å². The molecule has 1 atom stereocenters. The van der Waals surface area contributed by atoms with Gasteiger partial charge >= 0.3 is 11.9 Å². The molecule has 9 nitrogen and oxygen atoms in total. The summed E-state index contributed by atoms with van der Waals surface area (Å²) >= 11 is 0. The van der Waals surface area contributed by atoms with E-state index in [-0.39, 0.29) is 6.41 Å². The van der Waals surface area contributed by atoms with E-state index in [4.69, 9.17) is 9.66 Å². The smallest absolute Gasteiger partial charge is 0.329 e. The van der Waals surface area contributed by atoms with E-state index in [2.05, 4.69) is 4.74 Å². The molecule has 3 N–H and O–H groups in total. The molecule has 0 aromatic heterocycles. The van der Waals surface area contributed by atoms with Gasteiger partial charge in [-0.25, -0.2) is 4.79 Å². The number of nitrogens with one attached hydrogen (secondary N) is 1. The lowest BCUT2D eigenvalue weighted by molar-refractivity contribution is -0.149. The fourth-order valence-corrected chi connectivity index (χ4v) is 1.16. The van der Waals surface area contributed by atoms with E-state index >= 15 is 0 Å². The Hall–Kier alpha value is -1.68. The molecule has 1 unspecified atom stereocenters. The summed E-state index contributed by atoms with van der Waals surface area (Å²) in [6.45, 7) is -0.627. The molecule has 0 fully saturated rings. The van der Waals surface area contributed by atoms with Gasteiger partial charge in [0.2, 0.25) is 6.41 Å². The molecule has 0 radical (unpaired) electrons. The molecule has 0 aromatic rings. The fraction of sp³-hybridized carbons (Fsp3) is 0.571. The van der Waals surface area contributed by atoms with E-state index in [9.17, 15) is 22.8 Å². The second kappa shape index (κ2) is 6.81. The molecule has 0 heterocycles. The van der Waals surface area contributed by atoms with Crippen molar-refractivity contribution in [1.29, 1.82) is 0 Å². The van der Waals surface area contributed by atoms with E-state index in [1.807, 2.05) is 5.32 Å². The van der Waals surface area contributed by atoms with E-state index in [0.29, 0.717) is 0 Å².